The number of hydrogen-bond acceptors (Lipinski definition) is 4. The van der Waals surface area contributed by atoms with Gasteiger partial charge in [-0.15, -0.1) is 0 Å². The summed E-state index contributed by atoms with van der Waals surface area (Å²) in [5.74, 6) is 0. The Kier molecular flexibility index (Phi) is 4.37. The summed E-state index contributed by atoms with van der Waals surface area (Å²) in [5.41, 5.74) is 17.2. The Morgan fingerprint density at radius 1 is 1.00 bits per heavy atom. The van der Waals surface area contributed by atoms with Crippen LogP contribution in [-0.4, -0.2) is 21.6 Å². The molecule has 1 rings (SSSR count). The zero-order chi connectivity index (χ0) is 11.3. The molecule has 0 spiro atoms. The Hall–Kier alpha value is -1.28. The van der Waals surface area contributed by atoms with Crippen molar-refractivity contribution >= 4 is 46.1 Å². The highest BCUT2D eigenvalue weighted by atomic mass is 32.1. The first kappa shape index (κ1) is 11.8. The van der Waals surface area contributed by atoms with E-state index in [1.165, 1.54) is 0 Å². The van der Waals surface area contributed by atoms with Gasteiger partial charge in [-0.25, -0.2) is 0 Å². The second kappa shape index (κ2) is 5.56. The zero-order valence-electron chi connectivity index (χ0n) is 7.99. The molecule has 0 amide bonds. The molecule has 0 atom stereocenters. The van der Waals surface area contributed by atoms with Crippen LogP contribution in [0.1, 0.15) is 19.3 Å². The highest BCUT2D eigenvalue weighted by Crippen LogP contribution is 2.12. The molecule has 0 aromatic heterocycles. The van der Waals surface area contributed by atoms with Crippen LogP contribution in [-0.2, 0) is 0 Å². The lowest BCUT2D eigenvalue weighted by Crippen LogP contribution is -2.28. The molecule has 0 heterocycles. The van der Waals surface area contributed by atoms with Crippen LogP contribution in [0.4, 0.5) is 0 Å². The summed E-state index contributed by atoms with van der Waals surface area (Å²) >= 11 is 9.28. The van der Waals surface area contributed by atoms with Gasteiger partial charge < -0.3 is 11.5 Å². The van der Waals surface area contributed by atoms with Gasteiger partial charge in [0.25, 0.3) is 0 Å². The lowest BCUT2D eigenvalue weighted by Gasteiger charge is -2.01. The minimum Gasteiger partial charge on any atom is -0.375 e. The zero-order valence-corrected chi connectivity index (χ0v) is 9.62. The van der Waals surface area contributed by atoms with Crippen molar-refractivity contribution < 1.29 is 0 Å². The van der Waals surface area contributed by atoms with Crippen molar-refractivity contribution in [2.75, 3.05) is 0 Å². The van der Waals surface area contributed by atoms with Gasteiger partial charge in [-0.2, -0.15) is 10.2 Å². The largest absolute Gasteiger partial charge is 0.375 e. The highest BCUT2D eigenvalue weighted by molar-refractivity contribution is 7.80. The first-order chi connectivity index (χ1) is 7.09. The first-order valence-electron chi connectivity index (χ1n) is 4.34. The van der Waals surface area contributed by atoms with E-state index in [9.17, 15) is 0 Å². The summed E-state index contributed by atoms with van der Waals surface area (Å²) < 4.78 is 0. The van der Waals surface area contributed by atoms with E-state index < -0.39 is 0 Å². The van der Waals surface area contributed by atoms with Crippen LogP contribution in [0.25, 0.3) is 0 Å². The van der Waals surface area contributed by atoms with E-state index in [2.05, 4.69) is 45.5 Å². The summed E-state index contributed by atoms with van der Waals surface area (Å²) in [6.07, 6.45) is 2.68. The molecule has 82 valence electrons. The fourth-order valence-corrected chi connectivity index (χ4v) is 1.29. The normalized spacial score (nSPS) is 20.5. The van der Waals surface area contributed by atoms with Crippen LogP contribution in [0.2, 0.25) is 0 Å². The topological polar surface area (TPSA) is 101 Å². The van der Waals surface area contributed by atoms with Gasteiger partial charge in [0.15, 0.2) is 10.2 Å². The fraction of sp³-hybridized carbons (Fsp3) is 0.429. The van der Waals surface area contributed by atoms with Crippen LogP contribution in [0.5, 0.6) is 0 Å². The molecule has 0 aromatic rings. The molecule has 0 radical (unpaired) electrons. The first-order valence-corrected chi connectivity index (χ1v) is 5.15. The monoisotopic (exact) mass is 244 g/mol. The average molecular weight is 244 g/mol. The third-order valence-electron chi connectivity index (χ3n) is 1.76. The summed E-state index contributed by atoms with van der Waals surface area (Å²) in [4.78, 5) is 0. The maximum absolute atomic E-state index is 5.26. The number of thiocarbonyl (C=S) groups is 2. The number of nitrogens with two attached hydrogens (primary N) is 2. The van der Waals surface area contributed by atoms with Gasteiger partial charge in [0.2, 0.25) is 0 Å². The van der Waals surface area contributed by atoms with Crippen LogP contribution >= 0.6 is 24.4 Å². The molecule has 1 saturated carbocycles. The van der Waals surface area contributed by atoms with Crippen molar-refractivity contribution in [3.8, 4) is 0 Å². The summed E-state index contributed by atoms with van der Waals surface area (Å²) in [7, 11) is 0. The molecule has 0 aromatic carbocycles. The molecule has 0 aliphatic heterocycles. The number of nitrogens with zero attached hydrogens (tertiary/aromatic N) is 2. The predicted molar refractivity (Wildman–Crippen MR) is 68.6 cm³/mol. The Balaban J connectivity index is 2.64. The van der Waals surface area contributed by atoms with E-state index in [0.717, 1.165) is 30.7 Å². The number of hydrazone groups is 2. The van der Waals surface area contributed by atoms with Crippen molar-refractivity contribution in [3.63, 3.8) is 0 Å². The Labute approximate surface area is 98.2 Å². The van der Waals surface area contributed by atoms with E-state index in [4.69, 9.17) is 11.5 Å². The highest BCUT2D eigenvalue weighted by Gasteiger charge is 2.17. The second-order valence-corrected chi connectivity index (χ2v) is 3.80. The van der Waals surface area contributed by atoms with E-state index in [0.29, 0.717) is 0 Å². The number of nitrogens with one attached hydrogen (secondary N) is 2. The molecule has 8 heteroatoms. The SMILES string of the molecule is NC(=S)N/N=C1/CCC/C1=N\NC(N)=S. The molecule has 6 nitrogen and oxygen atoms in total. The van der Waals surface area contributed by atoms with Gasteiger partial charge in [0.1, 0.15) is 0 Å². The van der Waals surface area contributed by atoms with Gasteiger partial charge in [-0.3, -0.25) is 10.9 Å². The molecular weight excluding hydrogens is 232 g/mol. The van der Waals surface area contributed by atoms with Crippen molar-refractivity contribution in [2.45, 2.75) is 19.3 Å². The van der Waals surface area contributed by atoms with Gasteiger partial charge >= 0.3 is 0 Å². The van der Waals surface area contributed by atoms with Crippen molar-refractivity contribution in [3.05, 3.63) is 0 Å². The minimum atomic E-state index is 0.135. The minimum absolute atomic E-state index is 0.135. The van der Waals surface area contributed by atoms with Gasteiger partial charge in [-0.1, -0.05) is 0 Å². The van der Waals surface area contributed by atoms with Crippen LogP contribution < -0.4 is 22.3 Å². The van der Waals surface area contributed by atoms with Gasteiger partial charge in [-0.05, 0) is 43.7 Å². The fourth-order valence-electron chi connectivity index (χ4n) is 1.20. The number of rotatable bonds is 2. The lowest BCUT2D eigenvalue weighted by atomic mass is 10.3. The van der Waals surface area contributed by atoms with Crippen LogP contribution in [0.3, 0.4) is 0 Å². The van der Waals surface area contributed by atoms with Gasteiger partial charge in [0, 0.05) is 0 Å². The molecular formula is C7H12N6S2. The molecule has 1 aliphatic carbocycles. The lowest BCUT2D eigenvalue weighted by molar-refractivity contribution is 0.950. The maximum Gasteiger partial charge on any atom is 0.184 e. The summed E-state index contributed by atoms with van der Waals surface area (Å²) in [6.45, 7) is 0. The summed E-state index contributed by atoms with van der Waals surface area (Å²) in [6, 6.07) is 0. The number of hydrogen-bond donors (Lipinski definition) is 4. The van der Waals surface area contributed by atoms with E-state index >= 15 is 0 Å². The molecule has 0 saturated heterocycles. The summed E-state index contributed by atoms with van der Waals surface area (Å²) in [5, 5.41) is 8.33. The Morgan fingerprint density at radius 3 is 1.73 bits per heavy atom. The van der Waals surface area contributed by atoms with E-state index in [1.807, 2.05) is 0 Å². The third-order valence-corrected chi connectivity index (χ3v) is 1.94. The third kappa shape index (κ3) is 4.17. The second-order valence-electron chi connectivity index (χ2n) is 2.92. The predicted octanol–water partition coefficient (Wildman–Crippen LogP) is -0.451. The van der Waals surface area contributed by atoms with E-state index in [-0.39, 0.29) is 10.2 Å². The molecule has 0 bridgehead atoms. The quantitative estimate of drug-likeness (QED) is 0.388. The standard InChI is InChI=1S/C7H12N6S2/c8-6(14)12-10-4-2-1-3-5(4)11-13-7(9)15/h1-3H2,(H3,8,12,14)(H3,9,13,15)/b10-4-,11-5+. The van der Waals surface area contributed by atoms with Crippen LogP contribution in [0, 0.1) is 0 Å². The van der Waals surface area contributed by atoms with Crippen LogP contribution in [0.15, 0.2) is 10.2 Å². The molecule has 1 fully saturated rings. The Morgan fingerprint density at radius 2 is 1.40 bits per heavy atom. The van der Waals surface area contributed by atoms with Crippen molar-refractivity contribution in [1.29, 1.82) is 0 Å². The molecule has 1 aliphatic rings. The van der Waals surface area contributed by atoms with E-state index in [1.54, 1.807) is 0 Å². The van der Waals surface area contributed by atoms with Gasteiger partial charge in [0.05, 0.1) is 11.4 Å². The molecule has 15 heavy (non-hydrogen) atoms. The molecule has 0 unspecified atom stereocenters. The smallest absolute Gasteiger partial charge is 0.184 e. The average Bonchev–Trinajstić information content (AvgIpc) is 2.58. The Bertz CT molecular complexity index is 302. The maximum atomic E-state index is 5.26. The molecule has 6 N–H and O–H groups in total. The van der Waals surface area contributed by atoms with Crippen molar-refractivity contribution in [2.24, 2.45) is 21.7 Å². The van der Waals surface area contributed by atoms with Crippen molar-refractivity contribution in [1.82, 2.24) is 10.9 Å².